The van der Waals surface area contributed by atoms with E-state index in [1.165, 1.54) is 47.9 Å². The van der Waals surface area contributed by atoms with Crippen LogP contribution in [-0.2, 0) is 13.0 Å². The van der Waals surface area contributed by atoms with Crippen molar-refractivity contribution in [3.63, 3.8) is 0 Å². The number of aromatic nitrogens is 1. The smallest absolute Gasteiger partial charge is 0.186 e. The largest absolute Gasteiger partial charge is 0.345 e. The molecule has 21 heavy (non-hydrogen) atoms. The van der Waals surface area contributed by atoms with Gasteiger partial charge in [0.2, 0.25) is 0 Å². The Bertz CT molecular complexity index is 430. The SMILES string of the molecule is CCCNCc1sc(N2CCCC(C)C2C)nc1CCC. The zero-order valence-corrected chi connectivity index (χ0v) is 14.9. The third-order valence-electron chi connectivity index (χ3n) is 4.59. The van der Waals surface area contributed by atoms with E-state index in [4.69, 9.17) is 4.98 Å². The Balaban J connectivity index is 2.13. The summed E-state index contributed by atoms with van der Waals surface area (Å²) in [7, 11) is 0. The van der Waals surface area contributed by atoms with Crippen molar-refractivity contribution in [2.75, 3.05) is 18.0 Å². The first-order chi connectivity index (χ1) is 10.2. The monoisotopic (exact) mass is 309 g/mol. The molecule has 2 unspecified atom stereocenters. The highest BCUT2D eigenvalue weighted by Gasteiger charge is 2.27. The second kappa shape index (κ2) is 8.14. The standard InChI is InChI=1S/C17H31N3S/c1-5-8-15-16(12-18-10-6-2)21-17(19-15)20-11-7-9-13(3)14(20)4/h13-14,18H,5-12H2,1-4H3. The quantitative estimate of drug-likeness (QED) is 0.764. The maximum Gasteiger partial charge on any atom is 0.186 e. The molecule has 0 amide bonds. The summed E-state index contributed by atoms with van der Waals surface area (Å²) < 4.78 is 0. The molecule has 1 fully saturated rings. The number of nitrogens with one attached hydrogen (secondary N) is 1. The van der Waals surface area contributed by atoms with Gasteiger partial charge in [0.05, 0.1) is 5.69 Å². The molecule has 3 nitrogen and oxygen atoms in total. The maximum absolute atomic E-state index is 4.99. The summed E-state index contributed by atoms with van der Waals surface area (Å²) in [5.74, 6) is 0.777. The fraction of sp³-hybridized carbons (Fsp3) is 0.824. The molecule has 1 aliphatic heterocycles. The molecule has 0 bridgehead atoms. The lowest BCUT2D eigenvalue weighted by molar-refractivity contribution is 0.363. The van der Waals surface area contributed by atoms with E-state index in [0.29, 0.717) is 6.04 Å². The van der Waals surface area contributed by atoms with Crippen LogP contribution in [0.2, 0.25) is 0 Å². The Morgan fingerprint density at radius 2 is 2.10 bits per heavy atom. The van der Waals surface area contributed by atoms with Gasteiger partial charge in [-0.15, -0.1) is 11.3 Å². The van der Waals surface area contributed by atoms with Crippen molar-refractivity contribution in [2.24, 2.45) is 5.92 Å². The molecule has 2 rings (SSSR count). The molecule has 1 aliphatic rings. The minimum Gasteiger partial charge on any atom is -0.345 e. The van der Waals surface area contributed by atoms with E-state index < -0.39 is 0 Å². The van der Waals surface area contributed by atoms with E-state index in [1.807, 2.05) is 11.3 Å². The van der Waals surface area contributed by atoms with Crippen LogP contribution in [0.1, 0.15) is 63.9 Å². The topological polar surface area (TPSA) is 28.2 Å². The summed E-state index contributed by atoms with van der Waals surface area (Å²) in [4.78, 5) is 8.98. The Labute approximate surface area is 134 Å². The minimum absolute atomic E-state index is 0.621. The molecule has 1 saturated heterocycles. The van der Waals surface area contributed by atoms with E-state index in [2.05, 4.69) is 37.9 Å². The van der Waals surface area contributed by atoms with Crippen molar-refractivity contribution in [3.05, 3.63) is 10.6 Å². The molecule has 0 radical (unpaired) electrons. The van der Waals surface area contributed by atoms with Gasteiger partial charge in [0, 0.05) is 24.0 Å². The number of anilines is 1. The number of nitrogens with zero attached hydrogens (tertiary/aromatic N) is 2. The van der Waals surface area contributed by atoms with Crippen LogP contribution in [0.15, 0.2) is 0 Å². The molecule has 1 aromatic heterocycles. The Morgan fingerprint density at radius 1 is 1.29 bits per heavy atom. The summed E-state index contributed by atoms with van der Waals surface area (Å²) in [5.41, 5.74) is 1.33. The predicted molar refractivity (Wildman–Crippen MR) is 93.3 cm³/mol. The lowest BCUT2D eigenvalue weighted by Crippen LogP contribution is -2.42. The highest BCUT2D eigenvalue weighted by molar-refractivity contribution is 7.15. The lowest BCUT2D eigenvalue weighted by atomic mass is 9.93. The van der Waals surface area contributed by atoms with Gasteiger partial charge in [-0.25, -0.2) is 4.98 Å². The van der Waals surface area contributed by atoms with Gasteiger partial charge in [-0.1, -0.05) is 27.2 Å². The normalized spacial score (nSPS) is 22.8. The summed E-state index contributed by atoms with van der Waals surface area (Å²) >= 11 is 1.91. The van der Waals surface area contributed by atoms with Gasteiger partial charge >= 0.3 is 0 Å². The first kappa shape index (κ1) is 16.8. The average molecular weight is 310 g/mol. The van der Waals surface area contributed by atoms with E-state index in [9.17, 15) is 0 Å². The molecule has 2 atom stereocenters. The van der Waals surface area contributed by atoms with Crippen molar-refractivity contribution < 1.29 is 0 Å². The number of hydrogen-bond acceptors (Lipinski definition) is 4. The summed E-state index contributed by atoms with van der Waals surface area (Å²) in [6.07, 6.45) is 6.14. The summed E-state index contributed by atoms with van der Waals surface area (Å²) in [5, 5.41) is 4.79. The summed E-state index contributed by atoms with van der Waals surface area (Å²) in [6, 6.07) is 0.621. The second-order valence-electron chi connectivity index (χ2n) is 6.35. The highest BCUT2D eigenvalue weighted by atomic mass is 32.1. The molecule has 2 heterocycles. The van der Waals surface area contributed by atoms with Crippen LogP contribution in [-0.4, -0.2) is 24.1 Å². The zero-order valence-electron chi connectivity index (χ0n) is 14.1. The van der Waals surface area contributed by atoms with Crippen LogP contribution >= 0.6 is 11.3 Å². The fourth-order valence-electron chi connectivity index (χ4n) is 3.05. The van der Waals surface area contributed by atoms with Crippen molar-refractivity contribution in [1.82, 2.24) is 10.3 Å². The number of hydrogen-bond donors (Lipinski definition) is 1. The van der Waals surface area contributed by atoms with Crippen LogP contribution < -0.4 is 10.2 Å². The van der Waals surface area contributed by atoms with Gasteiger partial charge in [-0.3, -0.25) is 0 Å². The first-order valence-electron chi connectivity index (χ1n) is 8.63. The maximum atomic E-state index is 4.99. The van der Waals surface area contributed by atoms with E-state index in [1.54, 1.807) is 0 Å². The predicted octanol–water partition coefficient (Wildman–Crippen LogP) is 4.22. The Morgan fingerprint density at radius 3 is 2.81 bits per heavy atom. The van der Waals surface area contributed by atoms with Crippen molar-refractivity contribution in [1.29, 1.82) is 0 Å². The van der Waals surface area contributed by atoms with Crippen LogP contribution in [0.5, 0.6) is 0 Å². The second-order valence-corrected chi connectivity index (χ2v) is 7.41. The highest BCUT2D eigenvalue weighted by Crippen LogP contribution is 2.33. The Kier molecular flexibility index (Phi) is 6.49. The van der Waals surface area contributed by atoms with Crippen LogP contribution in [0, 0.1) is 5.92 Å². The van der Waals surface area contributed by atoms with E-state index in [0.717, 1.165) is 25.4 Å². The van der Waals surface area contributed by atoms with Crippen LogP contribution in [0.25, 0.3) is 0 Å². The van der Waals surface area contributed by atoms with Gasteiger partial charge in [0.15, 0.2) is 5.13 Å². The molecular weight excluding hydrogens is 278 g/mol. The molecule has 0 aromatic carbocycles. The van der Waals surface area contributed by atoms with Gasteiger partial charge in [-0.2, -0.15) is 0 Å². The van der Waals surface area contributed by atoms with Gasteiger partial charge in [0.25, 0.3) is 0 Å². The number of thiazole rings is 1. The Hall–Kier alpha value is -0.610. The number of aryl methyl sites for hydroxylation is 1. The average Bonchev–Trinajstić information content (AvgIpc) is 2.86. The third kappa shape index (κ3) is 4.19. The van der Waals surface area contributed by atoms with Crippen LogP contribution in [0.4, 0.5) is 5.13 Å². The van der Waals surface area contributed by atoms with Crippen molar-refractivity contribution >= 4 is 16.5 Å². The molecule has 1 aromatic rings. The molecule has 1 N–H and O–H groups in total. The third-order valence-corrected chi connectivity index (χ3v) is 5.72. The van der Waals surface area contributed by atoms with Crippen LogP contribution in [0.3, 0.4) is 0 Å². The van der Waals surface area contributed by atoms with E-state index in [-0.39, 0.29) is 0 Å². The van der Waals surface area contributed by atoms with Gasteiger partial charge < -0.3 is 10.2 Å². The molecule has 0 spiro atoms. The lowest BCUT2D eigenvalue weighted by Gasteiger charge is -2.37. The van der Waals surface area contributed by atoms with E-state index >= 15 is 0 Å². The molecule has 0 saturated carbocycles. The molecule has 0 aliphatic carbocycles. The molecule has 4 heteroatoms. The molecular formula is C17H31N3S. The minimum atomic E-state index is 0.621. The zero-order chi connectivity index (χ0) is 15.2. The van der Waals surface area contributed by atoms with Gasteiger partial charge in [0.1, 0.15) is 0 Å². The number of rotatable bonds is 7. The fourth-order valence-corrected chi connectivity index (χ4v) is 4.24. The number of piperidine rings is 1. The molecule has 120 valence electrons. The first-order valence-corrected chi connectivity index (χ1v) is 9.44. The van der Waals surface area contributed by atoms with Crippen molar-refractivity contribution in [2.45, 2.75) is 72.4 Å². The summed E-state index contributed by atoms with van der Waals surface area (Å²) in [6.45, 7) is 12.4. The van der Waals surface area contributed by atoms with Gasteiger partial charge in [-0.05, 0) is 45.1 Å². The van der Waals surface area contributed by atoms with Crippen molar-refractivity contribution in [3.8, 4) is 0 Å².